The number of methoxy groups -OCH3 is 2. The van der Waals surface area contributed by atoms with E-state index in [9.17, 15) is 28.8 Å². The number of ether oxygens (including phenoxy) is 8. The number of esters is 5. The van der Waals surface area contributed by atoms with Crippen molar-refractivity contribution < 1.29 is 66.3 Å². The molecule has 0 aliphatic carbocycles. The van der Waals surface area contributed by atoms with Crippen LogP contribution in [0.3, 0.4) is 0 Å². The molecule has 0 amide bonds. The zero-order valence-corrected chi connectivity index (χ0v) is 30.0. The minimum absolute atomic E-state index is 0.0120. The number of hydrogen-bond donors (Lipinski definition) is 0. The first kappa shape index (κ1) is 37.6. The molecule has 52 heavy (non-hydrogen) atoms. The number of fused-ring (bicyclic) bond motifs is 5. The van der Waals surface area contributed by atoms with Crippen LogP contribution in [0.1, 0.15) is 71.8 Å². The summed E-state index contributed by atoms with van der Waals surface area (Å²) in [5.41, 5.74) is -0.0970. The van der Waals surface area contributed by atoms with Gasteiger partial charge < -0.3 is 42.3 Å². The van der Waals surface area contributed by atoms with Crippen molar-refractivity contribution in [2.45, 2.75) is 85.1 Å². The second-order valence-electron chi connectivity index (χ2n) is 12.2. The summed E-state index contributed by atoms with van der Waals surface area (Å²) in [5, 5.41) is 1.10. The number of carbonyl (C=O) groups is 5. The largest absolute Gasteiger partial charge is 0.496 e. The van der Waals surface area contributed by atoms with Gasteiger partial charge in [-0.15, -0.1) is 0 Å². The summed E-state index contributed by atoms with van der Waals surface area (Å²) in [6.45, 7) is 9.19. The van der Waals surface area contributed by atoms with Crippen molar-refractivity contribution in [1.82, 2.24) is 0 Å². The van der Waals surface area contributed by atoms with Gasteiger partial charge >= 0.3 is 35.5 Å². The Morgan fingerprint density at radius 1 is 0.673 bits per heavy atom. The minimum atomic E-state index is -1.31. The molecule has 0 spiro atoms. The zero-order chi connectivity index (χ0) is 38.2. The van der Waals surface area contributed by atoms with Gasteiger partial charge in [0.25, 0.3) is 0 Å². The molecule has 15 heteroatoms. The second kappa shape index (κ2) is 14.9. The van der Waals surface area contributed by atoms with Gasteiger partial charge in [0, 0.05) is 50.8 Å². The molecule has 1 saturated heterocycles. The van der Waals surface area contributed by atoms with Crippen LogP contribution >= 0.6 is 0 Å². The Labute approximate surface area is 296 Å². The molecule has 0 saturated carbocycles. The Morgan fingerprint density at radius 2 is 1.29 bits per heavy atom. The maximum atomic E-state index is 13.9. The van der Waals surface area contributed by atoms with Crippen LogP contribution < -0.4 is 19.8 Å². The molecule has 1 aromatic heterocycles. The van der Waals surface area contributed by atoms with Gasteiger partial charge in [0.1, 0.15) is 47.2 Å². The fraction of sp³-hybridized carbons (Fsp3) is 0.405. The van der Waals surface area contributed by atoms with Crippen LogP contribution in [0.25, 0.3) is 32.5 Å². The van der Waals surface area contributed by atoms with Gasteiger partial charge in [-0.1, -0.05) is 6.07 Å². The Kier molecular flexibility index (Phi) is 10.7. The molecule has 4 aromatic rings. The Bertz CT molecular complexity index is 2170. The van der Waals surface area contributed by atoms with Gasteiger partial charge in [0.15, 0.2) is 12.2 Å². The van der Waals surface area contributed by atoms with E-state index in [0.717, 1.165) is 0 Å². The lowest BCUT2D eigenvalue weighted by Crippen LogP contribution is -2.43. The SMILES string of the molecule is COc1cc2c(oc(=O)c3cc([C@H](C)OC(C)=O)cc(OC)c32)c2c([C@H]3O[C@@H]([C@@H](C)OC(C)=O)[C@H](OC(C)=O)[C@H]3OC(C)=O)ccc(OC(C)=O)c12. The fourth-order valence-corrected chi connectivity index (χ4v) is 6.64. The second-order valence-corrected chi connectivity index (χ2v) is 12.2. The monoisotopic (exact) mass is 722 g/mol. The molecule has 6 atom stereocenters. The van der Waals surface area contributed by atoms with Crippen molar-refractivity contribution >= 4 is 62.4 Å². The van der Waals surface area contributed by atoms with Gasteiger partial charge in [0.2, 0.25) is 0 Å². The molecule has 1 fully saturated rings. The summed E-state index contributed by atoms with van der Waals surface area (Å²) in [7, 11) is 2.80. The first-order chi connectivity index (χ1) is 24.6. The third-order valence-corrected chi connectivity index (χ3v) is 8.48. The van der Waals surface area contributed by atoms with Crippen LogP contribution in [0.4, 0.5) is 0 Å². The molecule has 0 unspecified atom stereocenters. The van der Waals surface area contributed by atoms with E-state index in [0.29, 0.717) is 16.3 Å². The van der Waals surface area contributed by atoms with Gasteiger partial charge in [-0.3, -0.25) is 24.0 Å². The van der Waals surface area contributed by atoms with Crippen LogP contribution in [0.15, 0.2) is 39.5 Å². The Morgan fingerprint density at radius 3 is 1.87 bits per heavy atom. The van der Waals surface area contributed by atoms with Crippen LogP contribution in [0.5, 0.6) is 17.2 Å². The summed E-state index contributed by atoms with van der Waals surface area (Å²) >= 11 is 0. The highest BCUT2D eigenvalue weighted by atomic mass is 16.7. The van der Waals surface area contributed by atoms with E-state index in [2.05, 4.69) is 0 Å². The van der Waals surface area contributed by atoms with Crippen molar-refractivity contribution in [3.8, 4) is 17.2 Å². The number of hydrogen-bond acceptors (Lipinski definition) is 15. The number of benzene rings is 3. The summed E-state index contributed by atoms with van der Waals surface area (Å²) in [6, 6.07) is 7.74. The average molecular weight is 723 g/mol. The normalized spacial score (nSPS) is 19.5. The van der Waals surface area contributed by atoms with Crippen molar-refractivity contribution in [2.24, 2.45) is 0 Å². The fourth-order valence-electron chi connectivity index (χ4n) is 6.64. The lowest BCUT2D eigenvalue weighted by Gasteiger charge is -2.26. The highest BCUT2D eigenvalue weighted by Gasteiger charge is 2.53. The summed E-state index contributed by atoms with van der Waals surface area (Å²) in [4.78, 5) is 74.8. The van der Waals surface area contributed by atoms with Crippen LogP contribution in [-0.2, 0) is 47.7 Å². The predicted molar refractivity (Wildman–Crippen MR) is 182 cm³/mol. The van der Waals surface area contributed by atoms with E-state index in [1.807, 2.05) is 0 Å². The molecule has 1 aliphatic heterocycles. The first-order valence-corrected chi connectivity index (χ1v) is 16.2. The zero-order valence-electron chi connectivity index (χ0n) is 30.0. The molecular weight excluding hydrogens is 684 g/mol. The van der Waals surface area contributed by atoms with E-state index in [1.54, 1.807) is 19.1 Å². The molecule has 3 aromatic carbocycles. The van der Waals surface area contributed by atoms with Gasteiger partial charge in [0.05, 0.1) is 25.0 Å². The number of rotatable bonds is 10. The van der Waals surface area contributed by atoms with E-state index in [-0.39, 0.29) is 44.6 Å². The molecule has 1 aliphatic rings. The maximum absolute atomic E-state index is 13.9. The summed E-state index contributed by atoms with van der Waals surface area (Å²) in [5.74, 6) is -2.82. The van der Waals surface area contributed by atoms with Gasteiger partial charge in [-0.2, -0.15) is 0 Å². The third kappa shape index (κ3) is 7.21. The average Bonchev–Trinajstić information content (AvgIpc) is 3.39. The van der Waals surface area contributed by atoms with E-state index in [1.165, 1.54) is 74.0 Å². The standard InChI is InChI=1S/C37H38O15/c1-15(46-17(3)38)22-12-25-29(27(13-22)44-8)24-14-28(45-9)31-26(48-19(5)40)11-10-23(30(31)33(24)52-37(25)43)34-36(50-21(7)42)35(49-20(6)41)32(51-34)16(2)47-18(4)39/h10-16,32,34-36H,1-9H3/t15-,16+,32-,34+,35-,36-/m0/s1. The van der Waals surface area contributed by atoms with E-state index in [4.69, 9.17) is 42.3 Å². The molecule has 0 N–H and O–H groups in total. The van der Waals surface area contributed by atoms with E-state index >= 15 is 0 Å². The lowest BCUT2D eigenvalue weighted by atomic mass is 9.91. The Balaban J connectivity index is 1.91. The van der Waals surface area contributed by atoms with Gasteiger partial charge in [-0.05, 0) is 49.2 Å². The molecule has 5 rings (SSSR count). The number of carbonyl (C=O) groups excluding carboxylic acids is 5. The molecular formula is C37H38O15. The third-order valence-electron chi connectivity index (χ3n) is 8.48. The van der Waals surface area contributed by atoms with Gasteiger partial charge in [-0.25, -0.2) is 4.79 Å². The maximum Gasteiger partial charge on any atom is 0.344 e. The highest BCUT2D eigenvalue weighted by molar-refractivity contribution is 6.19. The van der Waals surface area contributed by atoms with Crippen LogP contribution in [-0.4, -0.2) is 68.5 Å². The first-order valence-electron chi connectivity index (χ1n) is 16.2. The summed E-state index contributed by atoms with van der Waals surface area (Å²) in [6.07, 6.45) is -6.66. The minimum Gasteiger partial charge on any atom is -0.496 e. The summed E-state index contributed by atoms with van der Waals surface area (Å²) < 4.78 is 51.8. The molecule has 276 valence electrons. The Hall–Kier alpha value is -5.70. The predicted octanol–water partition coefficient (Wildman–Crippen LogP) is 4.92. The van der Waals surface area contributed by atoms with Crippen molar-refractivity contribution in [3.63, 3.8) is 0 Å². The van der Waals surface area contributed by atoms with Crippen LogP contribution in [0.2, 0.25) is 0 Å². The highest BCUT2D eigenvalue weighted by Crippen LogP contribution is 2.49. The topological polar surface area (TPSA) is 189 Å². The molecule has 15 nitrogen and oxygen atoms in total. The molecule has 2 heterocycles. The smallest absolute Gasteiger partial charge is 0.344 e. The van der Waals surface area contributed by atoms with Crippen molar-refractivity contribution in [2.75, 3.05) is 14.2 Å². The molecule has 0 bridgehead atoms. The molecule has 0 radical (unpaired) electrons. The van der Waals surface area contributed by atoms with Crippen molar-refractivity contribution in [3.05, 3.63) is 51.9 Å². The van der Waals surface area contributed by atoms with E-state index < -0.39 is 72.1 Å². The van der Waals surface area contributed by atoms with Crippen LogP contribution in [0, 0.1) is 0 Å². The quantitative estimate of drug-likeness (QED) is 0.0704. The lowest BCUT2D eigenvalue weighted by molar-refractivity contribution is -0.169. The van der Waals surface area contributed by atoms with Crippen molar-refractivity contribution in [1.29, 1.82) is 0 Å².